The maximum Gasteiger partial charge on any atom is -0.0184 e. The largest absolute Gasteiger partial charge is 0.0984 e. The Labute approximate surface area is 109 Å². The van der Waals surface area contributed by atoms with Gasteiger partial charge in [-0.1, -0.05) is 67.8 Å². The summed E-state index contributed by atoms with van der Waals surface area (Å²) in [4.78, 5) is 0. The minimum absolute atomic E-state index is 1.07. The van der Waals surface area contributed by atoms with Gasteiger partial charge in [-0.05, 0) is 41.2 Å². The first-order valence-corrected chi connectivity index (χ1v) is 6.26. The third-order valence-electron chi connectivity index (χ3n) is 3.08. The van der Waals surface area contributed by atoms with Gasteiger partial charge in [0.05, 0.1) is 0 Å². The summed E-state index contributed by atoms with van der Waals surface area (Å²) in [7, 11) is 0. The third-order valence-corrected chi connectivity index (χ3v) is 3.08. The third kappa shape index (κ3) is 2.98. The number of hydrogen-bond donors (Lipinski definition) is 0. The Balaban J connectivity index is 2.25. The Kier molecular flexibility index (Phi) is 4.14. The van der Waals surface area contributed by atoms with Crippen LogP contribution in [0.25, 0.3) is 5.57 Å². The lowest BCUT2D eigenvalue weighted by Crippen LogP contribution is -1.90. The standard InChI is InChI=1S/C18H18/c1-3-16(18-12-8-5-9-13-18)14-15(2)17-10-6-4-7-11-17/h3-6,8-10,12-14H,1-2,7,11H2/b16-14+. The van der Waals surface area contributed by atoms with E-state index in [9.17, 15) is 0 Å². The molecular formula is C18H18. The normalized spacial score (nSPS) is 15.1. The number of rotatable bonds is 4. The minimum Gasteiger partial charge on any atom is -0.0984 e. The molecule has 90 valence electrons. The van der Waals surface area contributed by atoms with E-state index in [1.54, 1.807) is 0 Å². The van der Waals surface area contributed by atoms with Crippen LogP contribution in [0, 0.1) is 0 Å². The predicted octanol–water partition coefficient (Wildman–Crippen LogP) is 5.09. The summed E-state index contributed by atoms with van der Waals surface area (Å²) in [5, 5.41) is 0. The zero-order valence-corrected chi connectivity index (χ0v) is 10.6. The summed E-state index contributed by atoms with van der Waals surface area (Å²) < 4.78 is 0. The van der Waals surface area contributed by atoms with Gasteiger partial charge in [0, 0.05) is 0 Å². The maximum absolute atomic E-state index is 4.17. The molecule has 1 aliphatic rings. The molecule has 0 heterocycles. The second kappa shape index (κ2) is 6.02. The van der Waals surface area contributed by atoms with Gasteiger partial charge in [0.1, 0.15) is 0 Å². The molecule has 0 nitrogen and oxygen atoms in total. The van der Waals surface area contributed by atoms with Gasteiger partial charge in [-0.2, -0.15) is 0 Å². The lowest BCUT2D eigenvalue weighted by molar-refractivity contribution is 0.979. The zero-order valence-electron chi connectivity index (χ0n) is 10.6. The molecule has 0 aromatic heterocycles. The Morgan fingerprint density at radius 2 is 1.94 bits per heavy atom. The lowest BCUT2D eigenvalue weighted by Gasteiger charge is -2.10. The molecule has 0 N–H and O–H groups in total. The van der Waals surface area contributed by atoms with Crippen molar-refractivity contribution >= 4 is 5.57 Å². The maximum atomic E-state index is 4.17. The molecule has 1 aromatic rings. The summed E-state index contributed by atoms with van der Waals surface area (Å²) in [5.74, 6) is 0. The number of allylic oxidation sites excluding steroid dienone is 8. The predicted molar refractivity (Wildman–Crippen MR) is 80.2 cm³/mol. The Hall–Kier alpha value is -2.08. The van der Waals surface area contributed by atoms with Crippen molar-refractivity contribution in [3.05, 3.63) is 90.6 Å². The van der Waals surface area contributed by atoms with Gasteiger partial charge in [0.25, 0.3) is 0 Å². The van der Waals surface area contributed by atoms with Crippen LogP contribution in [0.2, 0.25) is 0 Å². The van der Waals surface area contributed by atoms with Gasteiger partial charge in [0.2, 0.25) is 0 Å². The Morgan fingerprint density at radius 1 is 1.17 bits per heavy atom. The highest BCUT2D eigenvalue weighted by Gasteiger charge is 2.04. The van der Waals surface area contributed by atoms with Gasteiger partial charge in [-0.3, -0.25) is 0 Å². The van der Waals surface area contributed by atoms with Crippen LogP contribution in [0.1, 0.15) is 18.4 Å². The van der Waals surface area contributed by atoms with Crippen LogP contribution >= 0.6 is 0 Å². The molecule has 0 fully saturated rings. The smallest absolute Gasteiger partial charge is 0.0184 e. The van der Waals surface area contributed by atoms with Crippen molar-refractivity contribution in [1.29, 1.82) is 0 Å². The Bertz CT molecular complexity index is 524. The average molecular weight is 234 g/mol. The van der Waals surface area contributed by atoms with Crippen LogP contribution in [0.15, 0.2) is 85.0 Å². The molecule has 0 atom stereocenters. The fourth-order valence-corrected chi connectivity index (χ4v) is 2.04. The second-order valence-electron chi connectivity index (χ2n) is 4.35. The van der Waals surface area contributed by atoms with Crippen LogP contribution in [0.5, 0.6) is 0 Å². The lowest BCUT2D eigenvalue weighted by atomic mass is 9.95. The molecule has 0 bridgehead atoms. The van der Waals surface area contributed by atoms with E-state index in [0.29, 0.717) is 0 Å². The first kappa shape index (κ1) is 12.4. The monoisotopic (exact) mass is 234 g/mol. The second-order valence-corrected chi connectivity index (χ2v) is 4.35. The van der Waals surface area contributed by atoms with Crippen LogP contribution in [0.4, 0.5) is 0 Å². The van der Waals surface area contributed by atoms with Gasteiger partial charge in [-0.15, -0.1) is 0 Å². The van der Waals surface area contributed by atoms with Crippen molar-refractivity contribution in [3.63, 3.8) is 0 Å². The molecule has 0 unspecified atom stereocenters. The molecule has 2 rings (SSSR count). The fraction of sp³-hybridized carbons (Fsp3) is 0.111. The van der Waals surface area contributed by atoms with Crippen molar-refractivity contribution in [1.82, 2.24) is 0 Å². The first-order chi connectivity index (χ1) is 8.81. The van der Waals surface area contributed by atoms with Gasteiger partial charge >= 0.3 is 0 Å². The highest BCUT2D eigenvalue weighted by Crippen LogP contribution is 2.24. The first-order valence-electron chi connectivity index (χ1n) is 6.26. The van der Waals surface area contributed by atoms with E-state index < -0.39 is 0 Å². The topological polar surface area (TPSA) is 0 Å². The molecular weight excluding hydrogens is 216 g/mol. The van der Waals surface area contributed by atoms with Crippen LogP contribution in [-0.4, -0.2) is 0 Å². The highest BCUT2D eigenvalue weighted by molar-refractivity contribution is 5.76. The fourth-order valence-electron chi connectivity index (χ4n) is 2.04. The average Bonchev–Trinajstić information content (AvgIpc) is 2.46. The quantitative estimate of drug-likeness (QED) is 0.637. The minimum atomic E-state index is 1.07. The van der Waals surface area contributed by atoms with Crippen molar-refractivity contribution < 1.29 is 0 Å². The van der Waals surface area contributed by atoms with Gasteiger partial charge in [0.15, 0.2) is 0 Å². The van der Waals surface area contributed by atoms with E-state index in [1.807, 2.05) is 24.3 Å². The molecule has 0 heteroatoms. The van der Waals surface area contributed by atoms with Crippen molar-refractivity contribution in [3.8, 4) is 0 Å². The van der Waals surface area contributed by atoms with E-state index in [4.69, 9.17) is 0 Å². The van der Waals surface area contributed by atoms with Gasteiger partial charge in [-0.25, -0.2) is 0 Å². The van der Waals surface area contributed by atoms with E-state index >= 15 is 0 Å². The molecule has 0 saturated carbocycles. The van der Waals surface area contributed by atoms with E-state index in [2.05, 4.69) is 49.6 Å². The summed E-state index contributed by atoms with van der Waals surface area (Å²) in [5.41, 5.74) is 4.70. The molecule has 1 aromatic carbocycles. The molecule has 0 spiro atoms. The summed E-state index contributed by atoms with van der Waals surface area (Å²) >= 11 is 0. The highest BCUT2D eigenvalue weighted by atomic mass is 14.1. The molecule has 0 radical (unpaired) electrons. The molecule has 1 aliphatic carbocycles. The zero-order chi connectivity index (χ0) is 12.8. The van der Waals surface area contributed by atoms with Crippen LogP contribution < -0.4 is 0 Å². The van der Waals surface area contributed by atoms with Crippen molar-refractivity contribution in [2.75, 3.05) is 0 Å². The van der Waals surface area contributed by atoms with E-state index in [0.717, 1.165) is 24.0 Å². The molecule has 0 saturated heterocycles. The molecule has 0 amide bonds. The van der Waals surface area contributed by atoms with Crippen LogP contribution in [-0.2, 0) is 0 Å². The van der Waals surface area contributed by atoms with E-state index in [1.165, 1.54) is 11.1 Å². The summed E-state index contributed by atoms with van der Waals surface area (Å²) in [6, 6.07) is 10.3. The Morgan fingerprint density at radius 3 is 2.56 bits per heavy atom. The molecule has 0 aliphatic heterocycles. The summed E-state index contributed by atoms with van der Waals surface area (Å²) in [6.07, 6.45) is 12.6. The SMILES string of the molecule is C=C/C(=C\C(=C)C1=CC=CCC1)c1ccccc1. The van der Waals surface area contributed by atoms with Crippen molar-refractivity contribution in [2.24, 2.45) is 0 Å². The van der Waals surface area contributed by atoms with Crippen molar-refractivity contribution in [2.45, 2.75) is 12.8 Å². The number of benzene rings is 1. The molecule has 18 heavy (non-hydrogen) atoms. The van der Waals surface area contributed by atoms with Gasteiger partial charge < -0.3 is 0 Å². The van der Waals surface area contributed by atoms with E-state index in [-0.39, 0.29) is 0 Å². The van der Waals surface area contributed by atoms with Crippen LogP contribution in [0.3, 0.4) is 0 Å². The number of hydrogen-bond acceptors (Lipinski definition) is 0. The summed E-state index contributed by atoms with van der Waals surface area (Å²) in [6.45, 7) is 8.06.